The van der Waals surface area contributed by atoms with Gasteiger partial charge in [0.25, 0.3) is 0 Å². The molecule has 0 atom stereocenters. The number of nitrogens with zero attached hydrogens (tertiary/aromatic N) is 4. The molecule has 0 aliphatic heterocycles. The molecule has 3 aromatic heterocycles. The van der Waals surface area contributed by atoms with Crippen LogP contribution in [0, 0.1) is 0 Å². The Morgan fingerprint density at radius 1 is 0.357 bits per heavy atom. The summed E-state index contributed by atoms with van der Waals surface area (Å²) in [5.41, 5.74) is 12.3. The lowest BCUT2D eigenvalue weighted by molar-refractivity contribution is 0.670. The van der Waals surface area contributed by atoms with Crippen LogP contribution in [0.5, 0.6) is 0 Å². The Morgan fingerprint density at radius 3 is 1.57 bits per heavy atom. The Kier molecular flexibility index (Phi) is 7.42. The summed E-state index contributed by atoms with van der Waals surface area (Å²) in [7, 11) is 0. The third-order valence-electron chi connectivity index (χ3n) is 10.7. The highest BCUT2D eigenvalue weighted by Gasteiger charge is 2.21. The number of hydrogen-bond donors (Lipinski definition) is 0. The molecule has 0 saturated heterocycles. The maximum Gasteiger partial charge on any atom is 0.164 e. The normalized spacial score (nSPS) is 11.6. The van der Waals surface area contributed by atoms with Gasteiger partial charge in [0.1, 0.15) is 11.2 Å². The van der Waals surface area contributed by atoms with Gasteiger partial charge in [-0.15, -0.1) is 0 Å². The molecule has 8 aromatic carbocycles. The Hall–Kier alpha value is -7.63. The van der Waals surface area contributed by atoms with Crippen LogP contribution in [0.1, 0.15) is 0 Å². The predicted octanol–water partition coefficient (Wildman–Crippen LogP) is 13.2. The van der Waals surface area contributed by atoms with E-state index in [0.717, 1.165) is 77.6 Å². The van der Waals surface area contributed by atoms with Crippen LogP contribution < -0.4 is 0 Å². The van der Waals surface area contributed by atoms with Crippen LogP contribution in [0.3, 0.4) is 0 Å². The molecule has 0 N–H and O–H groups in total. The molecule has 0 unspecified atom stereocenters. The zero-order valence-corrected chi connectivity index (χ0v) is 30.2. The van der Waals surface area contributed by atoms with Crippen molar-refractivity contribution in [3.63, 3.8) is 0 Å². The second-order valence-corrected chi connectivity index (χ2v) is 14.0. The van der Waals surface area contributed by atoms with Crippen LogP contribution >= 0.6 is 0 Å². The van der Waals surface area contributed by atoms with Crippen molar-refractivity contribution < 1.29 is 4.42 Å². The van der Waals surface area contributed by atoms with Gasteiger partial charge in [0, 0.05) is 49.5 Å². The van der Waals surface area contributed by atoms with E-state index in [2.05, 4.69) is 126 Å². The van der Waals surface area contributed by atoms with Crippen molar-refractivity contribution in [3.05, 3.63) is 194 Å². The van der Waals surface area contributed by atoms with E-state index in [0.29, 0.717) is 17.5 Å². The molecule has 0 aliphatic rings. The SMILES string of the molecule is c1ccc(-c2nc(-c3ccccc3)nc(-c3ccc(-c4cc(-c5cccc6c5oc5ccccc56)c5c6ccccc6n(-c6ccccc6)c5c4)cc3)n2)cc1. The highest BCUT2D eigenvalue weighted by Crippen LogP contribution is 2.45. The molecule has 0 spiro atoms. The summed E-state index contributed by atoms with van der Waals surface area (Å²) in [6.45, 7) is 0. The first-order chi connectivity index (χ1) is 27.8. The van der Waals surface area contributed by atoms with Crippen molar-refractivity contribution in [3.8, 4) is 62.1 Å². The zero-order chi connectivity index (χ0) is 37.0. The molecule has 0 aliphatic carbocycles. The maximum atomic E-state index is 6.66. The molecule has 0 saturated carbocycles. The van der Waals surface area contributed by atoms with E-state index in [-0.39, 0.29) is 0 Å². The fourth-order valence-corrected chi connectivity index (χ4v) is 8.04. The highest BCUT2D eigenvalue weighted by molar-refractivity contribution is 6.20. The van der Waals surface area contributed by atoms with Crippen LogP contribution in [-0.2, 0) is 0 Å². The molecule has 0 radical (unpaired) electrons. The average Bonchev–Trinajstić information content (AvgIpc) is 3.83. The highest BCUT2D eigenvalue weighted by atomic mass is 16.3. The standard InChI is InChI=1S/C51H32N4O/c1-4-15-34(16-5-1)49-52-50(35-17-6-2-7-18-35)54-51(53-49)36-29-27-33(28-30-36)37-31-43(41-24-14-23-40-39-21-11-13-26-46(39)56-48(40)41)47-42-22-10-12-25-44(42)55(45(47)32-37)38-19-8-3-9-20-38/h1-32H. The lowest BCUT2D eigenvalue weighted by Gasteiger charge is -2.13. The molecule has 0 fully saturated rings. The van der Waals surface area contributed by atoms with Gasteiger partial charge in [-0.05, 0) is 53.1 Å². The third kappa shape index (κ3) is 5.29. The smallest absolute Gasteiger partial charge is 0.164 e. The number of fused-ring (bicyclic) bond motifs is 6. The van der Waals surface area contributed by atoms with E-state index < -0.39 is 0 Å². The molecule has 262 valence electrons. The Balaban J connectivity index is 1.13. The fraction of sp³-hybridized carbons (Fsp3) is 0. The first-order valence-corrected chi connectivity index (χ1v) is 18.8. The Morgan fingerprint density at radius 2 is 0.893 bits per heavy atom. The van der Waals surface area contributed by atoms with Crippen LogP contribution in [0.2, 0.25) is 0 Å². The van der Waals surface area contributed by atoms with Crippen molar-refractivity contribution >= 4 is 43.7 Å². The number of furan rings is 1. The van der Waals surface area contributed by atoms with Gasteiger partial charge in [0.2, 0.25) is 0 Å². The van der Waals surface area contributed by atoms with E-state index in [1.165, 1.54) is 10.8 Å². The third-order valence-corrected chi connectivity index (χ3v) is 10.7. The monoisotopic (exact) mass is 716 g/mol. The quantitative estimate of drug-likeness (QED) is 0.172. The lowest BCUT2D eigenvalue weighted by Crippen LogP contribution is -2.00. The van der Waals surface area contributed by atoms with E-state index in [4.69, 9.17) is 19.4 Å². The molecule has 0 bridgehead atoms. The Bertz CT molecular complexity index is 3160. The van der Waals surface area contributed by atoms with Gasteiger partial charge >= 0.3 is 0 Å². The van der Waals surface area contributed by atoms with E-state index >= 15 is 0 Å². The van der Waals surface area contributed by atoms with E-state index in [1.54, 1.807) is 0 Å². The summed E-state index contributed by atoms with van der Waals surface area (Å²) < 4.78 is 9.04. The molecule has 5 heteroatoms. The van der Waals surface area contributed by atoms with Gasteiger partial charge in [-0.25, -0.2) is 15.0 Å². The van der Waals surface area contributed by atoms with Crippen molar-refractivity contribution in [1.29, 1.82) is 0 Å². The molecule has 3 heterocycles. The summed E-state index contributed by atoms with van der Waals surface area (Å²) in [5.74, 6) is 1.91. The minimum absolute atomic E-state index is 0.626. The zero-order valence-electron chi connectivity index (χ0n) is 30.2. The van der Waals surface area contributed by atoms with Gasteiger partial charge in [-0.2, -0.15) is 0 Å². The van der Waals surface area contributed by atoms with E-state index in [1.807, 2.05) is 72.8 Å². The molecule has 0 amide bonds. The van der Waals surface area contributed by atoms with Gasteiger partial charge in [-0.1, -0.05) is 158 Å². The summed E-state index contributed by atoms with van der Waals surface area (Å²) in [4.78, 5) is 14.8. The van der Waals surface area contributed by atoms with E-state index in [9.17, 15) is 0 Å². The maximum absolute atomic E-state index is 6.66. The second kappa shape index (κ2) is 13.0. The first-order valence-electron chi connectivity index (χ1n) is 18.8. The van der Waals surface area contributed by atoms with Crippen LogP contribution in [-0.4, -0.2) is 19.5 Å². The summed E-state index contributed by atoms with van der Waals surface area (Å²) in [5, 5.41) is 4.60. The lowest BCUT2D eigenvalue weighted by atomic mass is 9.93. The largest absolute Gasteiger partial charge is 0.455 e. The summed E-state index contributed by atoms with van der Waals surface area (Å²) in [6, 6.07) is 67.5. The van der Waals surface area contributed by atoms with Crippen molar-refractivity contribution in [1.82, 2.24) is 19.5 Å². The number of benzene rings is 8. The Labute approximate surface area is 322 Å². The molecule has 11 rings (SSSR count). The van der Waals surface area contributed by atoms with Gasteiger partial charge in [0.05, 0.1) is 11.0 Å². The number of aromatic nitrogens is 4. The molecule has 11 aromatic rings. The first kappa shape index (κ1) is 31.9. The summed E-state index contributed by atoms with van der Waals surface area (Å²) >= 11 is 0. The predicted molar refractivity (Wildman–Crippen MR) is 229 cm³/mol. The van der Waals surface area contributed by atoms with Gasteiger partial charge in [-0.3, -0.25) is 0 Å². The summed E-state index contributed by atoms with van der Waals surface area (Å²) in [6.07, 6.45) is 0. The molecular weight excluding hydrogens is 685 g/mol. The molecule has 56 heavy (non-hydrogen) atoms. The second-order valence-electron chi connectivity index (χ2n) is 14.0. The van der Waals surface area contributed by atoms with Crippen molar-refractivity contribution in [2.24, 2.45) is 0 Å². The van der Waals surface area contributed by atoms with Crippen molar-refractivity contribution in [2.45, 2.75) is 0 Å². The van der Waals surface area contributed by atoms with Crippen molar-refractivity contribution in [2.75, 3.05) is 0 Å². The average molecular weight is 717 g/mol. The topological polar surface area (TPSA) is 56.7 Å². The molecular formula is C51H32N4O. The number of rotatable bonds is 6. The van der Waals surface area contributed by atoms with Crippen LogP contribution in [0.25, 0.3) is 106 Å². The number of hydrogen-bond acceptors (Lipinski definition) is 4. The fourth-order valence-electron chi connectivity index (χ4n) is 8.04. The molecule has 5 nitrogen and oxygen atoms in total. The van der Waals surface area contributed by atoms with Gasteiger partial charge in [0.15, 0.2) is 17.5 Å². The van der Waals surface area contributed by atoms with Crippen LogP contribution in [0.15, 0.2) is 199 Å². The van der Waals surface area contributed by atoms with Crippen LogP contribution in [0.4, 0.5) is 0 Å². The van der Waals surface area contributed by atoms with Gasteiger partial charge < -0.3 is 8.98 Å². The minimum atomic E-state index is 0.626. The minimum Gasteiger partial charge on any atom is -0.455 e. The number of para-hydroxylation sites is 4.